The summed E-state index contributed by atoms with van der Waals surface area (Å²) >= 11 is 1.83. The zero-order valence-corrected chi connectivity index (χ0v) is 9.51. The van der Waals surface area contributed by atoms with Crippen molar-refractivity contribution in [3.05, 3.63) is 11.7 Å². The molecular formula is C9H17N3OS. The highest BCUT2D eigenvalue weighted by Gasteiger charge is 2.12. The summed E-state index contributed by atoms with van der Waals surface area (Å²) in [6.07, 6.45) is 4.88. The van der Waals surface area contributed by atoms with Crippen LogP contribution in [0.5, 0.6) is 0 Å². The topological polar surface area (TPSA) is 64.9 Å². The van der Waals surface area contributed by atoms with E-state index in [4.69, 9.17) is 10.3 Å². The largest absolute Gasteiger partial charge is 0.339 e. The third-order valence-corrected chi connectivity index (χ3v) is 2.68. The van der Waals surface area contributed by atoms with Crippen LogP contribution in [0.4, 0.5) is 0 Å². The fourth-order valence-electron chi connectivity index (χ4n) is 1.14. The van der Waals surface area contributed by atoms with Crippen LogP contribution in [0.1, 0.15) is 37.5 Å². The van der Waals surface area contributed by atoms with Crippen molar-refractivity contribution >= 4 is 11.8 Å². The summed E-state index contributed by atoms with van der Waals surface area (Å²) in [4.78, 5) is 4.20. The van der Waals surface area contributed by atoms with Gasteiger partial charge in [0, 0.05) is 6.42 Å². The van der Waals surface area contributed by atoms with Gasteiger partial charge in [-0.15, -0.1) is 0 Å². The highest BCUT2D eigenvalue weighted by Crippen LogP contribution is 2.13. The van der Waals surface area contributed by atoms with Crippen LogP contribution in [-0.2, 0) is 6.42 Å². The predicted octanol–water partition coefficient (Wildman–Crippen LogP) is 1.77. The van der Waals surface area contributed by atoms with Gasteiger partial charge in [0.25, 0.3) is 0 Å². The van der Waals surface area contributed by atoms with E-state index in [1.54, 1.807) is 0 Å². The molecule has 0 radical (unpaired) electrons. The van der Waals surface area contributed by atoms with Gasteiger partial charge in [-0.05, 0) is 24.9 Å². The van der Waals surface area contributed by atoms with Gasteiger partial charge in [0.05, 0.1) is 6.04 Å². The number of thioether (sulfide) groups is 1. The molecule has 1 atom stereocenters. The van der Waals surface area contributed by atoms with Gasteiger partial charge in [-0.2, -0.15) is 16.7 Å². The molecule has 0 spiro atoms. The van der Waals surface area contributed by atoms with Gasteiger partial charge in [-0.1, -0.05) is 12.1 Å². The molecule has 0 aliphatic heterocycles. The molecule has 0 saturated carbocycles. The van der Waals surface area contributed by atoms with E-state index in [1.165, 1.54) is 0 Å². The first-order chi connectivity index (χ1) is 6.77. The minimum absolute atomic E-state index is 0.0776. The van der Waals surface area contributed by atoms with Gasteiger partial charge in [-0.3, -0.25) is 0 Å². The third-order valence-electron chi connectivity index (χ3n) is 1.98. The molecule has 0 aliphatic carbocycles. The molecular weight excluding hydrogens is 198 g/mol. The van der Waals surface area contributed by atoms with Crippen molar-refractivity contribution in [1.29, 1.82) is 0 Å². The van der Waals surface area contributed by atoms with Gasteiger partial charge >= 0.3 is 0 Å². The van der Waals surface area contributed by atoms with Crippen LogP contribution in [0.25, 0.3) is 0 Å². The Hall–Kier alpha value is -0.550. The highest BCUT2D eigenvalue weighted by molar-refractivity contribution is 7.98. The second kappa shape index (κ2) is 6.03. The SMILES string of the molecule is CCc1nc(C(N)CCCSC)no1. The Balaban J connectivity index is 2.39. The number of nitrogens with zero attached hydrogens (tertiary/aromatic N) is 2. The molecule has 0 fully saturated rings. The summed E-state index contributed by atoms with van der Waals surface area (Å²) < 4.78 is 4.99. The molecule has 5 heteroatoms. The van der Waals surface area contributed by atoms with E-state index in [0.29, 0.717) is 11.7 Å². The van der Waals surface area contributed by atoms with E-state index >= 15 is 0 Å². The maximum absolute atomic E-state index is 5.91. The van der Waals surface area contributed by atoms with Crippen LogP contribution < -0.4 is 5.73 Å². The van der Waals surface area contributed by atoms with Crippen molar-refractivity contribution in [1.82, 2.24) is 10.1 Å². The summed E-state index contributed by atoms with van der Waals surface area (Å²) in [6, 6.07) is -0.0776. The van der Waals surface area contributed by atoms with E-state index in [1.807, 2.05) is 18.7 Å². The smallest absolute Gasteiger partial charge is 0.226 e. The van der Waals surface area contributed by atoms with Crippen LogP contribution in [0.15, 0.2) is 4.52 Å². The van der Waals surface area contributed by atoms with E-state index in [-0.39, 0.29) is 6.04 Å². The summed E-state index contributed by atoms with van der Waals surface area (Å²) in [6.45, 7) is 1.98. The van der Waals surface area contributed by atoms with Crippen molar-refractivity contribution in [2.24, 2.45) is 5.73 Å². The van der Waals surface area contributed by atoms with Crippen LogP contribution in [0, 0.1) is 0 Å². The predicted molar refractivity (Wildman–Crippen MR) is 58.2 cm³/mol. The van der Waals surface area contributed by atoms with E-state index in [0.717, 1.165) is 25.0 Å². The average molecular weight is 215 g/mol. The molecule has 0 aliphatic rings. The van der Waals surface area contributed by atoms with Crippen molar-refractivity contribution in [2.45, 2.75) is 32.2 Å². The molecule has 1 unspecified atom stereocenters. The quantitative estimate of drug-likeness (QED) is 0.733. The molecule has 2 N–H and O–H groups in total. The van der Waals surface area contributed by atoms with Crippen LogP contribution in [0.3, 0.4) is 0 Å². The Morgan fingerprint density at radius 2 is 2.36 bits per heavy atom. The average Bonchev–Trinajstić information content (AvgIpc) is 2.66. The lowest BCUT2D eigenvalue weighted by Crippen LogP contribution is -2.12. The number of hydrogen-bond acceptors (Lipinski definition) is 5. The maximum Gasteiger partial charge on any atom is 0.226 e. The normalized spacial score (nSPS) is 13.1. The summed E-state index contributed by atoms with van der Waals surface area (Å²) in [5.41, 5.74) is 5.91. The Labute approximate surface area is 88.6 Å². The van der Waals surface area contributed by atoms with Gasteiger partial charge in [0.1, 0.15) is 0 Å². The zero-order valence-electron chi connectivity index (χ0n) is 8.69. The molecule has 0 amide bonds. The van der Waals surface area contributed by atoms with Gasteiger partial charge < -0.3 is 10.3 Å². The number of aromatic nitrogens is 2. The molecule has 1 rings (SSSR count). The first-order valence-corrected chi connectivity index (χ1v) is 6.24. The number of hydrogen-bond donors (Lipinski definition) is 1. The molecule has 0 saturated heterocycles. The number of nitrogens with two attached hydrogens (primary N) is 1. The number of aryl methyl sites for hydroxylation is 1. The van der Waals surface area contributed by atoms with Crippen LogP contribution in [0.2, 0.25) is 0 Å². The monoisotopic (exact) mass is 215 g/mol. The summed E-state index contributed by atoms with van der Waals surface area (Å²) in [5, 5.41) is 3.85. The molecule has 0 bridgehead atoms. The second-order valence-corrected chi connectivity index (χ2v) is 4.13. The zero-order chi connectivity index (χ0) is 10.4. The van der Waals surface area contributed by atoms with Crippen molar-refractivity contribution in [3.63, 3.8) is 0 Å². The first-order valence-electron chi connectivity index (χ1n) is 4.85. The molecule has 1 heterocycles. The Kier molecular flexibility index (Phi) is 4.97. The van der Waals surface area contributed by atoms with E-state index in [9.17, 15) is 0 Å². The second-order valence-electron chi connectivity index (χ2n) is 3.14. The Bertz CT molecular complexity index is 264. The first kappa shape index (κ1) is 11.5. The minimum Gasteiger partial charge on any atom is -0.339 e. The third kappa shape index (κ3) is 3.31. The molecule has 4 nitrogen and oxygen atoms in total. The Morgan fingerprint density at radius 3 is 2.93 bits per heavy atom. The van der Waals surface area contributed by atoms with Crippen molar-refractivity contribution < 1.29 is 4.52 Å². The lowest BCUT2D eigenvalue weighted by Gasteiger charge is -2.04. The highest BCUT2D eigenvalue weighted by atomic mass is 32.2. The van der Waals surface area contributed by atoms with Crippen molar-refractivity contribution in [2.75, 3.05) is 12.0 Å². The molecule has 80 valence electrons. The van der Waals surface area contributed by atoms with E-state index in [2.05, 4.69) is 16.4 Å². The number of rotatable bonds is 6. The molecule has 14 heavy (non-hydrogen) atoms. The van der Waals surface area contributed by atoms with Crippen molar-refractivity contribution in [3.8, 4) is 0 Å². The summed E-state index contributed by atoms with van der Waals surface area (Å²) in [7, 11) is 0. The molecule has 0 aromatic carbocycles. The summed E-state index contributed by atoms with van der Waals surface area (Å²) in [5.74, 6) is 2.44. The Morgan fingerprint density at radius 1 is 1.57 bits per heavy atom. The fourth-order valence-corrected chi connectivity index (χ4v) is 1.59. The van der Waals surface area contributed by atoms with Crippen LogP contribution >= 0.6 is 11.8 Å². The van der Waals surface area contributed by atoms with Crippen LogP contribution in [-0.4, -0.2) is 22.1 Å². The fraction of sp³-hybridized carbons (Fsp3) is 0.778. The van der Waals surface area contributed by atoms with Gasteiger partial charge in [0.15, 0.2) is 5.82 Å². The van der Waals surface area contributed by atoms with E-state index < -0.39 is 0 Å². The lowest BCUT2D eigenvalue weighted by molar-refractivity contribution is 0.372. The minimum atomic E-state index is -0.0776. The van der Waals surface area contributed by atoms with Gasteiger partial charge in [-0.25, -0.2) is 0 Å². The lowest BCUT2D eigenvalue weighted by atomic mass is 10.2. The molecule has 1 aromatic heterocycles. The maximum atomic E-state index is 5.91. The molecule has 1 aromatic rings. The van der Waals surface area contributed by atoms with Gasteiger partial charge in [0.2, 0.25) is 5.89 Å². The standard InChI is InChI=1S/C9H17N3OS/c1-3-8-11-9(12-13-8)7(10)5-4-6-14-2/h7H,3-6,10H2,1-2H3.